The van der Waals surface area contributed by atoms with Gasteiger partial charge in [-0.3, -0.25) is 4.79 Å². The molecule has 5 nitrogen and oxygen atoms in total. The standard InChI is InChI=1S/C17H18O5S/c1-23(21,22)14-9-7-12(8-10-14)15(11-18)16(17(19)20)13-5-3-2-4-6-13/h2-10,15-16,18H,11H2,1H3,(H,19,20)/t15-,16-/m1/s1. The number of aliphatic hydroxyl groups excluding tert-OH is 1. The zero-order valence-corrected chi connectivity index (χ0v) is 13.4. The summed E-state index contributed by atoms with van der Waals surface area (Å²) in [6.07, 6.45) is 1.11. The fraction of sp³-hybridized carbons (Fsp3) is 0.235. The van der Waals surface area contributed by atoms with Gasteiger partial charge in [-0.1, -0.05) is 42.5 Å². The molecule has 0 aliphatic heterocycles. The molecule has 0 amide bonds. The van der Waals surface area contributed by atoms with Crippen LogP contribution in [0.25, 0.3) is 0 Å². The van der Waals surface area contributed by atoms with Crippen LogP contribution in [0.1, 0.15) is 23.0 Å². The molecule has 2 N–H and O–H groups in total. The average molecular weight is 334 g/mol. The monoisotopic (exact) mass is 334 g/mol. The Balaban J connectivity index is 2.42. The molecule has 0 fully saturated rings. The van der Waals surface area contributed by atoms with Gasteiger partial charge in [-0.05, 0) is 23.3 Å². The number of carboxylic acid groups (broad SMARTS) is 1. The number of aliphatic carboxylic acids is 1. The molecular weight excluding hydrogens is 316 g/mol. The second kappa shape index (κ2) is 6.93. The first kappa shape index (κ1) is 17.2. The summed E-state index contributed by atoms with van der Waals surface area (Å²) in [5.74, 6) is -2.61. The molecule has 0 heterocycles. The SMILES string of the molecule is CS(=O)(=O)c1ccc([C@@H](CO)[C@H](C(=O)O)c2ccccc2)cc1. The molecule has 2 rings (SSSR count). The lowest BCUT2D eigenvalue weighted by Gasteiger charge is -2.23. The van der Waals surface area contributed by atoms with E-state index in [1.54, 1.807) is 42.5 Å². The molecule has 0 aromatic heterocycles. The smallest absolute Gasteiger partial charge is 0.311 e. The highest BCUT2D eigenvalue weighted by molar-refractivity contribution is 7.90. The molecule has 0 radical (unpaired) electrons. The van der Waals surface area contributed by atoms with Gasteiger partial charge in [-0.2, -0.15) is 0 Å². The largest absolute Gasteiger partial charge is 0.481 e. The maximum Gasteiger partial charge on any atom is 0.311 e. The van der Waals surface area contributed by atoms with Crippen LogP contribution in [0.15, 0.2) is 59.5 Å². The molecule has 23 heavy (non-hydrogen) atoms. The van der Waals surface area contributed by atoms with Crippen LogP contribution in [-0.2, 0) is 14.6 Å². The van der Waals surface area contributed by atoms with Crippen molar-refractivity contribution in [1.29, 1.82) is 0 Å². The minimum absolute atomic E-state index is 0.157. The maximum atomic E-state index is 11.7. The lowest BCUT2D eigenvalue weighted by atomic mass is 9.82. The topological polar surface area (TPSA) is 91.7 Å². The molecule has 0 saturated heterocycles. The summed E-state index contributed by atoms with van der Waals surface area (Å²) in [6, 6.07) is 14.6. The van der Waals surface area contributed by atoms with E-state index < -0.39 is 27.6 Å². The summed E-state index contributed by atoms with van der Waals surface area (Å²) < 4.78 is 23.0. The number of rotatable bonds is 6. The van der Waals surface area contributed by atoms with Gasteiger partial charge in [0.05, 0.1) is 17.4 Å². The van der Waals surface area contributed by atoms with E-state index in [0.29, 0.717) is 11.1 Å². The van der Waals surface area contributed by atoms with Crippen LogP contribution < -0.4 is 0 Å². The van der Waals surface area contributed by atoms with Crippen LogP contribution in [0.5, 0.6) is 0 Å². The van der Waals surface area contributed by atoms with Gasteiger partial charge in [-0.15, -0.1) is 0 Å². The minimum atomic E-state index is -3.32. The predicted octanol–water partition coefficient (Wildman–Crippen LogP) is 2.03. The summed E-state index contributed by atoms with van der Waals surface area (Å²) in [7, 11) is -3.32. The number of carboxylic acids is 1. The molecule has 0 spiro atoms. The van der Waals surface area contributed by atoms with Crippen molar-refractivity contribution < 1.29 is 23.4 Å². The van der Waals surface area contributed by atoms with Crippen molar-refractivity contribution in [3.8, 4) is 0 Å². The van der Waals surface area contributed by atoms with Gasteiger partial charge in [0.2, 0.25) is 0 Å². The van der Waals surface area contributed by atoms with Gasteiger partial charge in [-0.25, -0.2) is 8.42 Å². The normalized spacial score (nSPS) is 14.2. The molecule has 2 aromatic carbocycles. The number of carbonyl (C=O) groups is 1. The second-order valence-electron chi connectivity index (χ2n) is 5.36. The highest BCUT2D eigenvalue weighted by Gasteiger charge is 2.30. The van der Waals surface area contributed by atoms with Crippen molar-refractivity contribution >= 4 is 15.8 Å². The van der Waals surface area contributed by atoms with Crippen LogP contribution in [0, 0.1) is 0 Å². The minimum Gasteiger partial charge on any atom is -0.481 e. The third kappa shape index (κ3) is 3.97. The Hall–Kier alpha value is -2.18. The van der Waals surface area contributed by atoms with E-state index in [1.165, 1.54) is 12.1 Å². The van der Waals surface area contributed by atoms with Gasteiger partial charge in [0.1, 0.15) is 0 Å². The predicted molar refractivity (Wildman–Crippen MR) is 86.2 cm³/mol. The number of benzene rings is 2. The van der Waals surface area contributed by atoms with Gasteiger partial charge in [0.25, 0.3) is 0 Å². The highest BCUT2D eigenvalue weighted by Crippen LogP contribution is 2.33. The summed E-state index contributed by atoms with van der Waals surface area (Å²) >= 11 is 0. The Bertz CT molecular complexity index is 766. The first-order valence-corrected chi connectivity index (χ1v) is 8.92. The summed E-state index contributed by atoms with van der Waals surface area (Å²) in [5, 5.41) is 19.3. The van der Waals surface area contributed by atoms with E-state index in [4.69, 9.17) is 0 Å². The van der Waals surface area contributed by atoms with E-state index >= 15 is 0 Å². The lowest BCUT2D eigenvalue weighted by Crippen LogP contribution is -2.23. The Morgan fingerprint density at radius 1 is 1.00 bits per heavy atom. The first-order chi connectivity index (χ1) is 10.8. The molecule has 0 bridgehead atoms. The molecule has 0 aliphatic carbocycles. The Morgan fingerprint density at radius 2 is 1.57 bits per heavy atom. The Labute approximate surface area is 135 Å². The number of hydrogen-bond acceptors (Lipinski definition) is 4. The molecule has 2 aromatic rings. The van der Waals surface area contributed by atoms with Crippen molar-refractivity contribution in [3.05, 3.63) is 65.7 Å². The van der Waals surface area contributed by atoms with Crippen molar-refractivity contribution in [1.82, 2.24) is 0 Å². The van der Waals surface area contributed by atoms with Crippen LogP contribution >= 0.6 is 0 Å². The van der Waals surface area contributed by atoms with E-state index in [9.17, 15) is 23.4 Å². The van der Waals surface area contributed by atoms with Gasteiger partial charge >= 0.3 is 5.97 Å². The highest BCUT2D eigenvalue weighted by atomic mass is 32.2. The van der Waals surface area contributed by atoms with Crippen LogP contribution in [0.2, 0.25) is 0 Å². The Kier molecular flexibility index (Phi) is 5.18. The second-order valence-corrected chi connectivity index (χ2v) is 7.37. The molecule has 0 unspecified atom stereocenters. The molecule has 0 saturated carbocycles. The summed E-state index contributed by atoms with van der Waals surface area (Å²) in [6.45, 7) is -0.357. The molecule has 6 heteroatoms. The number of hydrogen-bond donors (Lipinski definition) is 2. The van der Waals surface area contributed by atoms with Crippen LogP contribution in [-0.4, -0.2) is 37.5 Å². The first-order valence-electron chi connectivity index (χ1n) is 7.03. The fourth-order valence-corrected chi connectivity index (χ4v) is 3.20. The third-order valence-corrected chi connectivity index (χ3v) is 4.89. The van der Waals surface area contributed by atoms with E-state index in [0.717, 1.165) is 6.26 Å². The Morgan fingerprint density at radius 3 is 2.00 bits per heavy atom. The van der Waals surface area contributed by atoms with Crippen LogP contribution in [0.3, 0.4) is 0 Å². The van der Waals surface area contributed by atoms with Crippen molar-refractivity contribution in [2.75, 3.05) is 12.9 Å². The molecule has 2 atom stereocenters. The fourth-order valence-electron chi connectivity index (χ4n) is 2.57. The average Bonchev–Trinajstić information content (AvgIpc) is 2.52. The maximum absolute atomic E-state index is 11.7. The van der Waals surface area contributed by atoms with Crippen molar-refractivity contribution in [3.63, 3.8) is 0 Å². The molecular formula is C17H18O5S. The van der Waals surface area contributed by atoms with Crippen LogP contribution in [0.4, 0.5) is 0 Å². The van der Waals surface area contributed by atoms with Gasteiger partial charge < -0.3 is 10.2 Å². The van der Waals surface area contributed by atoms with Crippen molar-refractivity contribution in [2.45, 2.75) is 16.7 Å². The van der Waals surface area contributed by atoms with E-state index in [-0.39, 0.29) is 11.5 Å². The van der Waals surface area contributed by atoms with E-state index in [1.807, 2.05) is 0 Å². The van der Waals surface area contributed by atoms with Gasteiger partial charge in [0.15, 0.2) is 9.84 Å². The quantitative estimate of drug-likeness (QED) is 0.843. The van der Waals surface area contributed by atoms with Crippen molar-refractivity contribution in [2.24, 2.45) is 0 Å². The summed E-state index contributed by atoms with van der Waals surface area (Å²) in [5.41, 5.74) is 1.17. The third-order valence-electron chi connectivity index (χ3n) is 3.76. The number of sulfone groups is 1. The molecule has 122 valence electrons. The zero-order valence-electron chi connectivity index (χ0n) is 12.6. The lowest BCUT2D eigenvalue weighted by molar-refractivity contribution is -0.139. The summed E-state index contributed by atoms with van der Waals surface area (Å²) in [4.78, 5) is 11.8. The number of aliphatic hydroxyl groups is 1. The van der Waals surface area contributed by atoms with E-state index in [2.05, 4.69) is 0 Å². The van der Waals surface area contributed by atoms with Gasteiger partial charge in [0, 0.05) is 12.2 Å². The zero-order chi connectivity index (χ0) is 17.0. The molecule has 0 aliphatic rings.